The Morgan fingerprint density at radius 3 is 2.50 bits per heavy atom. The monoisotopic (exact) mass is 274 g/mol. The first-order valence-electron chi connectivity index (χ1n) is 7.01. The SMILES string of the molecule is CCC1C(=O)NC(C)(C)C(=O)N1c1cccc(C)c1C. The van der Waals surface area contributed by atoms with Gasteiger partial charge in [0, 0.05) is 5.69 Å². The highest BCUT2D eigenvalue weighted by Crippen LogP contribution is 2.30. The second-order valence-corrected chi connectivity index (χ2v) is 5.93. The van der Waals surface area contributed by atoms with E-state index in [-0.39, 0.29) is 11.8 Å². The van der Waals surface area contributed by atoms with Crippen LogP contribution < -0.4 is 10.2 Å². The van der Waals surface area contributed by atoms with Crippen molar-refractivity contribution >= 4 is 17.5 Å². The third-order valence-electron chi connectivity index (χ3n) is 4.03. The van der Waals surface area contributed by atoms with E-state index < -0.39 is 11.6 Å². The zero-order valence-corrected chi connectivity index (χ0v) is 12.8. The summed E-state index contributed by atoms with van der Waals surface area (Å²) in [7, 11) is 0. The molecule has 1 aliphatic heterocycles. The lowest BCUT2D eigenvalue weighted by Gasteiger charge is -2.43. The van der Waals surface area contributed by atoms with Crippen LogP contribution in [-0.2, 0) is 9.59 Å². The number of hydrogen-bond acceptors (Lipinski definition) is 2. The van der Waals surface area contributed by atoms with E-state index in [1.54, 1.807) is 18.7 Å². The van der Waals surface area contributed by atoms with Crippen LogP contribution in [0.25, 0.3) is 0 Å². The van der Waals surface area contributed by atoms with Crippen molar-refractivity contribution in [3.05, 3.63) is 29.3 Å². The topological polar surface area (TPSA) is 49.4 Å². The fourth-order valence-electron chi connectivity index (χ4n) is 2.65. The highest BCUT2D eigenvalue weighted by molar-refractivity contribution is 6.10. The van der Waals surface area contributed by atoms with Crippen molar-refractivity contribution in [1.29, 1.82) is 0 Å². The van der Waals surface area contributed by atoms with Crippen molar-refractivity contribution < 1.29 is 9.59 Å². The summed E-state index contributed by atoms with van der Waals surface area (Å²) in [5.74, 6) is -0.143. The number of amides is 2. The smallest absolute Gasteiger partial charge is 0.252 e. The molecule has 0 aliphatic carbocycles. The Morgan fingerprint density at radius 1 is 1.25 bits per heavy atom. The summed E-state index contributed by atoms with van der Waals surface area (Å²) in [4.78, 5) is 26.7. The van der Waals surface area contributed by atoms with Gasteiger partial charge in [-0.2, -0.15) is 0 Å². The Bertz CT molecular complexity index is 564. The Morgan fingerprint density at radius 2 is 1.90 bits per heavy atom. The van der Waals surface area contributed by atoms with Crippen LogP contribution in [0.15, 0.2) is 18.2 Å². The summed E-state index contributed by atoms with van der Waals surface area (Å²) >= 11 is 0. The summed E-state index contributed by atoms with van der Waals surface area (Å²) in [6.07, 6.45) is 0.598. The van der Waals surface area contributed by atoms with Crippen LogP contribution in [-0.4, -0.2) is 23.4 Å². The van der Waals surface area contributed by atoms with E-state index in [1.807, 2.05) is 39.0 Å². The largest absolute Gasteiger partial charge is 0.340 e. The molecule has 1 atom stereocenters. The molecule has 1 aromatic rings. The molecule has 4 nitrogen and oxygen atoms in total. The molecular weight excluding hydrogens is 252 g/mol. The van der Waals surface area contributed by atoms with Gasteiger partial charge in [-0.15, -0.1) is 0 Å². The zero-order valence-electron chi connectivity index (χ0n) is 12.8. The van der Waals surface area contributed by atoms with E-state index in [0.717, 1.165) is 16.8 Å². The standard InChI is InChI=1S/C16H22N2O2/c1-6-12-14(19)17-16(4,5)15(20)18(12)13-9-7-8-10(2)11(13)3/h7-9,12H,6H2,1-5H3,(H,17,19). The maximum atomic E-state index is 12.7. The number of rotatable bonds is 2. The molecule has 1 aromatic carbocycles. The summed E-state index contributed by atoms with van der Waals surface area (Å²) in [5.41, 5.74) is 2.14. The number of hydrogen-bond donors (Lipinski definition) is 1. The molecular formula is C16H22N2O2. The van der Waals surface area contributed by atoms with E-state index in [9.17, 15) is 9.59 Å². The molecule has 1 aliphatic rings. The molecule has 0 saturated carbocycles. The van der Waals surface area contributed by atoms with Gasteiger partial charge in [-0.3, -0.25) is 14.5 Å². The molecule has 0 bridgehead atoms. The lowest BCUT2D eigenvalue weighted by atomic mass is 9.93. The number of piperazine rings is 1. The molecule has 0 aromatic heterocycles. The van der Waals surface area contributed by atoms with E-state index in [0.29, 0.717) is 6.42 Å². The number of benzene rings is 1. The minimum absolute atomic E-state index is 0.0577. The molecule has 20 heavy (non-hydrogen) atoms. The summed E-state index contributed by atoms with van der Waals surface area (Å²) < 4.78 is 0. The van der Waals surface area contributed by atoms with Crippen molar-refractivity contribution in [1.82, 2.24) is 5.32 Å². The van der Waals surface area contributed by atoms with Gasteiger partial charge in [0.1, 0.15) is 11.6 Å². The maximum absolute atomic E-state index is 12.7. The number of anilines is 1. The Labute approximate surface area is 120 Å². The molecule has 1 unspecified atom stereocenters. The van der Waals surface area contributed by atoms with Crippen molar-refractivity contribution in [3.8, 4) is 0 Å². The first-order valence-corrected chi connectivity index (χ1v) is 7.01. The molecule has 1 saturated heterocycles. The fourth-order valence-corrected chi connectivity index (χ4v) is 2.65. The molecule has 2 rings (SSSR count). The average molecular weight is 274 g/mol. The number of carbonyl (C=O) groups is 2. The third kappa shape index (κ3) is 2.19. The average Bonchev–Trinajstić information content (AvgIpc) is 2.37. The normalized spacial score (nSPS) is 21.9. The first kappa shape index (κ1) is 14.6. The van der Waals surface area contributed by atoms with Gasteiger partial charge in [0.2, 0.25) is 5.91 Å². The molecule has 2 amide bonds. The summed E-state index contributed by atoms with van der Waals surface area (Å²) in [6.45, 7) is 9.42. The molecule has 1 fully saturated rings. The molecule has 0 spiro atoms. The highest BCUT2D eigenvalue weighted by atomic mass is 16.2. The van der Waals surface area contributed by atoms with Crippen LogP contribution in [0.3, 0.4) is 0 Å². The van der Waals surface area contributed by atoms with E-state index in [1.165, 1.54) is 0 Å². The third-order valence-corrected chi connectivity index (χ3v) is 4.03. The van der Waals surface area contributed by atoms with Gasteiger partial charge in [0.15, 0.2) is 0 Å². The fraction of sp³-hybridized carbons (Fsp3) is 0.500. The van der Waals surface area contributed by atoms with E-state index >= 15 is 0 Å². The van der Waals surface area contributed by atoms with Gasteiger partial charge in [-0.05, 0) is 51.3 Å². The number of aryl methyl sites for hydroxylation is 1. The predicted octanol–water partition coefficient (Wildman–Crippen LogP) is 2.32. The second kappa shape index (κ2) is 4.93. The Kier molecular flexibility index (Phi) is 3.59. The van der Waals surface area contributed by atoms with Crippen LogP contribution in [0.5, 0.6) is 0 Å². The van der Waals surface area contributed by atoms with Gasteiger partial charge in [0.05, 0.1) is 0 Å². The summed E-state index contributed by atoms with van der Waals surface area (Å²) in [6, 6.07) is 5.42. The molecule has 1 heterocycles. The minimum atomic E-state index is -0.862. The van der Waals surface area contributed by atoms with Gasteiger partial charge in [-0.25, -0.2) is 0 Å². The molecule has 1 N–H and O–H groups in total. The summed E-state index contributed by atoms with van der Waals surface area (Å²) in [5, 5.41) is 2.81. The zero-order chi connectivity index (χ0) is 15.1. The quantitative estimate of drug-likeness (QED) is 0.899. The van der Waals surface area contributed by atoms with E-state index in [4.69, 9.17) is 0 Å². The second-order valence-electron chi connectivity index (χ2n) is 5.93. The van der Waals surface area contributed by atoms with Gasteiger partial charge in [0.25, 0.3) is 5.91 Å². The minimum Gasteiger partial charge on any atom is -0.340 e. The maximum Gasteiger partial charge on any atom is 0.252 e. The van der Waals surface area contributed by atoms with Crippen molar-refractivity contribution in [2.75, 3.05) is 4.90 Å². The van der Waals surface area contributed by atoms with E-state index in [2.05, 4.69) is 5.32 Å². The van der Waals surface area contributed by atoms with Crippen molar-refractivity contribution in [2.24, 2.45) is 0 Å². The van der Waals surface area contributed by atoms with Crippen LogP contribution in [0.1, 0.15) is 38.3 Å². The van der Waals surface area contributed by atoms with Gasteiger partial charge in [-0.1, -0.05) is 19.1 Å². The van der Waals surface area contributed by atoms with Crippen molar-refractivity contribution in [3.63, 3.8) is 0 Å². The van der Waals surface area contributed by atoms with Crippen LogP contribution in [0, 0.1) is 13.8 Å². The Hall–Kier alpha value is -1.84. The number of nitrogens with one attached hydrogen (secondary N) is 1. The number of nitrogens with zero attached hydrogens (tertiary/aromatic N) is 1. The van der Waals surface area contributed by atoms with Gasteiger partial charge >= 0.3 is 0 Å². The van der Waals surface area contributed by atoms with Crippen LogP contribution >= 0.6 is 0 Å². The van der Waals surface area contributed by atoms with Crippen molar-refractivity contribution in [2.45, 2.75) is 52.6 Å². The van der Waals surface area contributed by atoms with Crippen LogP contribution in [0.2, 0.25) is 0 Å². The predicted molar refractivity (Wildman–Crippen MR) is 79.7 cm³/mol. The molecule has 4 heteroatoms. The Balaban J connectivity index is 2.57. The number of carbonyl (C=O) groups excluding carboxylic acids is 2. The van der Waals surface area contributed by atoms with Crippen LogP contribution in [0.4, 0.5) is 5.69 Å². The lowest BCUT2D eigenvalue weighted by molar-refractivity contribution is -0.137. The molecule has 108 valence electrons. The highest BCUT2D eigenvalue weighted by Gasteiger charge is 2.45. The first-order chi connectivity index (χ1) is 9.29. The van der Waals surface area contributed by atoms with Gasteiger partial charge < -0.3 is 5.32 Å². The molecule has 0 radical (unpaired) electrons. The lowest BCUT2D eigenvalue weighted by Crippen LogP contribution is -2.68.